The van der Waals surface area contributed by atoms with E-state index in [2.05, 4.69) is 10.6 Å². The van der Waals surface area contributed by atoms with Gasteiger partial charge in [-0.2, -0.15) is 0 Å². The van der Waals surface area contributed by atoms with Gasteiger partial charge in [-0.05, 0) is 33.3 Å². The first-order valence-corrected chi connectivity index (χ1v) is 7.32. The largest absolute Gasteiger partial charge is 0.452 e. The number of carbonyl (C=O) groups is 3. The molecule has 0 aliphatic rings. The van der Waals surface area contributed by atoms with E-state index in [0.29, 0.717) is 12.1 Å². The minimum atomic E-state index is -0.661. The second-order valence-corrected chi connectivity index (χ2v) is 4.91. The zero-order valence-electron chi connectivity index (χ0n) is 13.5. The minimum absolute atomic E-state index is 0.433. The molecular formula is C15H23N3O4. The molecule has 3 amide bonds. The highest BCUT2D eigenvalue weighted by molar-refractivity contribution is 5.97. The molecule has 122 valence electrons. The van der Waals surface area contributed by atoms with Gasteiger partial charge < -0.3 is 14.6 Å². The van der Waals surface area contributed by atoms with Crippen LogP contribution in [0.25, 0.3) is 0 Å². The van der Waals surface area contributed by atoms with Gasteiger partial charge in [0.1, 0.15) is 0 Å². The van der Waals surface area contributed by atoms with Crippen molar-refractivity contribution in [2.75, 3.05) is 13.2 Å². The van der Waals surface area contributed by atoms with Crippen LogP contribution >= 0.6 is 0 Å². The van der Waals surface area contributed by atoms with Gasteiger partial charge in [-0.1, -0.05) is 6.92 Å². The molecule has 7 nitrogen and oxygen atoms in total. The van der Waals surface area contributed by atoms with Crippen LogP contribution in [-0.2, 0) is 16.1 Å². The number of nitrogens with one attached hydrogen (secondary N) is 2. The smallest absolute Gasteiger partial charge is 0.340 e. The summed E-state index contributed by atoms with van der Waals surface area (Å²) in [7, 11) is 0. The molecule has 0 radical (unpaired) electrons. The third-order valence-electron chi connectivity index (χ3n) is 3.23. The van der Waals surface area contributed by atoms with Crippen molar-refractivity contribution in [3.63, 3.8) is 0 Å². The fourth-order valence-corrected chi connectivity index (χ4v) is 2.15. The molecule has 1 rings (SSSR count). The lowest BCUT2D eigenvalue weighted by Gasteiger charge is -2.07. The molecule has 0 aliphatic carbocycles. The molecule has 2 N–H and O–H groups in total. The summed E-state index contributed by atoms with van der Waals surface area (Å²) in [6.45, 7) is 8.34. The van der Waals surface area contributed by atoms with E-state index in [0.717, 1.165) is 24.4 Å². The van der Waals surface area contributed by atoms with Crippen molar-refractivity contribution in [2.45, 2.75) is 40.7 Å². The maximum Gasteiger partial charge on any atom is 0.340 e. The van der Waals surface area contributed by atoms with E-state index in [9.17, 15) is 14.4 Å². The third kappa shape index (κ3) is 4.61. The highest BCUT2D eigenvalue weighted by Gasteiger charge is 2.17. The zero-order chi connectivity index (χ0) is 16.7. The maximum atomic E-state index is 12.0. The second-order valence-electron chi connectivity index (χ2n) is 4.91. The first-order chi connectivity index (χ1) is 10.4. The summed E-state index contributed by atoms with van der Waals surface area (Å²) in [5.41, 5.74) is 2.18. The molecule has 0 fully saturated rings. The molecule has 7 heteroatoms. The van der Waals surface area contributed by atoms with Crippen molar-refractivity contribution in [2.24, 2.45) is 0 Å². The van der Waals surface area contributed by atoms with Gasteiger partial charge in [-0.3, -0.25) is 10.1 Å². The Balaban J connectivity index is 2.53. The molecule has 22 heavy (non-hydrogen) atoms. The first kappa shape index (κ1) is 17.7. The summed E-state index contributed by atoms with van der Waals surface area (Å²) in [5, 5.41) is 4.59. The fourth-order valence-electron chi connectivity index (χ4n) is 2.15. The van der Waals surface area contributed by atoms with E-state index in [-0.39, 0.29) is 0 Å². The Morgan fingerprint density at radius 1 is 1.23 bits per heavy atom. The van der Waals surface area contributed by atoms with Crippen molar-refractivity contribution in [1.29, 1.82) is 0 Å². The first-order valence-electron chi connectivity index (χ1n) is 7.32. The molecule has 0 unspecified atom stereocenters. The molecule has 0 aliphatic heterocycles. The average molecular weight is 309 g/mol. The van der Waals surface area contributed by atoms with E-state index >= 15 is 0 Å². The summed E-state index contributed by atoms with van der Waals surface area (Å²) in [6.07, 6.45) is 0.768. The molecule has 1 aromatic rings. The predicted octanol–water partition coefficient (Wildman–Crippen LogP) is 1.52. The quantitative estimate of drug-likeness (QED) is 0.780. The Kier molecular flexibility index (Phi) is 6.62. The van der Waals surface area contributed by atoms with E-state index < -0.39 is 24.5 Å². The number of nitrogens with zero attached hydrogens (tertiary/aromatic N) is 1. The van der Waals surface area contributed by atoms with Crippen molar-refractivity contribution < 1.29 is 19.1 Å². The number of hydrogen-bond acceptors (Lipinski definition) is 4. The molecule has 1 aromatic heterocycles. The number of rotatable bonds is 6. The van der Waals surface area contributed by atoms with Gasteiger partial charge >= 0.3 is 12.0 Å². The number of esters is 1. The predicted molar refractivity (Wildman–Crippen MR) is 81.7 cm³/mol. The third-order valence-corrected chi connectivity index (χ3v) is 3.23. The summed E-state index contributed by atoms with van der Waals surface area (Å²) < 4.78 is 6.93. The standard InChI is InChI=1S/C15H23N3O4/c1-5-7-16-15(21)17-13(19)9-22-14(20)12-8-10(3)18(6-2)11(12)4/h8H,5-7,9H2,1-4H3,(H2,16,17,19,21). The number of hydrogen-bond donors (Lipinski definition) is 2. The van der Waals surface area contributed by atoms with Gasteiger partial charge in [0.15, 0.2) is 6.61 Å². The van der Waals surface area contributed by atoms with Gasteiger partial charge in [0.2, 0.25) is 0 Å². The Bertz CT molecular complexity index is 563. The summed E-state index contributed by atoms with van der Waals surface area (Å²) in [4.78, 5) is 34.8. The molecule has 0 saturated carbocycles. The number of amides is 3. The zero-order valence-corrected chi connectivity index (χ0v) is 13.5. The van der Waals surface area contributed by atoms with Crippen LogP contribution in [0.15, 0.2) is 6.07 Å². The Morgan fingerprint density at radius 2 is 1.91 bits per heavy atom. The monoisotopic (exact) mass is 309 g/mol. The van der Waals surface area contributed by atoms with Gasteiger partial charge in [0.25, 0.3) is 5.91 Å². The highest BCUT2D eigenvalue weighted by Crippen LogP contribution is 2.15. The number of imide groups is 1. The topological polar surface area (TPSA) is 89.4 Å². The molecule has 0 bridgehead atoms. The minimum Gasteiger partial charge on any atom is -0.452 e. The van der Waals surface area contributed by atoms with E-state index in [4.69, 9.17) is 4.74 Å². The van der Waals surface area contributed by atoms with E-state index in [1.807, 2.05) is 32.3 Å². The average Bonchev–Trinajstić information content (AvgIpc) is 2.77. The highest BCUT2D eigenvalue weighted by atomic mass is 16.5. The number of aryl methyl sites for hydroxylation is 1. The van der Waals surface area contributed by atoms with Gasteiger partial charge in [-0.15, -0.1) is 0 Å². The van der Waals surface area contributed by atoms with Crippen molar-refractivity contribution in [3.05, 3.63) is 23.0 Å². The van der Waals surface area contributed by atoms with Crippen LogP contribution < -0.4 is 10.6 Å². The van der Waals surface area contributed by atoms with Crippen LogP contribution in [0, 0.1) is 13.8 Å². The van der Waals surface area contributed by atoms with Crippen LogP contribution in [-0.4, -0.2) is 35.6 Å². The van der Waals surface area contributed by atoms with Crippen LogP contribution in [0.1, 0.15) is 42.0 Å². The SMILES string of the molecule is CCCNC(=O)NC(=O)COC(=O)c1cc(C)n(CC)c1C. The normalized spacial score (nSPS) is 10.2. The van der Waals surface area contributed by atoms with Gasteiger partial charge in [-0.25, -0.2) is 9.59 Å². The van der Waals surface area contributed by atoms with Crippen molar-refractivity contribution in [1.82, 2.24) is 15.2 Å². The summed E-state index contributed by atoms with van der Waals surface area (Å²) in [6, 6.07) is 1.14. The fraction of sp³-hybridized carbons (Fsp3) is 0.533. The molecule has 0 aromatic carbocycles. The Hall–Kier alpha value is -2.31. The lowest BCUT2D eigenvalue weighted by atomic mass is 10.2. The van der Waals surface area contributed by atoms with E-state index in [1.165, 1.54) is 0 Å². The van der Waals surface area contributed by atoms with Crippen LogP contribution in [0.2, 0.25) is 0 Å². The second kappa shape index (κ2) is 8.21. The van der Waals surface area contributed by atoms with Crippen LogP contribution in [0.3, 0.4) is 0 Å². The number of carbonyl (C=O) groups excluding carboxylic acids is 3. The van der Waals surface area contributed by atoms with Crippen LogP contribution in [0.4, 0.5) is 4.79 Å². The van der Waals surface area contributed by atoms with Crippen molar-refractivity contribution >= 4 is 17.9 Å². The molecule has 0 atom stereocenters. The molecule has 0 saturated heterocycles. The van der Waals surface area contributed by atoms with Gasteiger partial charge in [0, 0.05) is 24.5 Å². The number of ether oxygens (including phenoxy) is 1. The molecule has 0 spiro atoms. The number of aromatic nitrogens is 1. The summed E-state index contributed by atoms with van der Waals surface area (Å²) >= 11 is 0. The van der Waals surface area contributed by atoms with E-state index in [1.54, 1.807) is 6.07 Å². The molecular weight excluding hydrogens is 286 g/mol. The lowest BCUT2D eigenvalue weighted by Crippen LogP contribution is -2.41. The van der Waals surface area contributed by atoms with Crippen molar-refractivity contribution in [3.8, 4) is 0 Å². The maximum absolute atomic E-state index is 12.0. The molecule has 1 heterocycles. The lowest BCUT2D eigenvalue weighted by molar-refractivity contribution is -0.123. The van der Waals surface area contributed by atoms with Crippen LogP contribution in [0.5, 0.6) is 0 Å². The Morgan fingerprint density at radius 3 is 2.45 bits per heavy atom. The Labute approximate surface area is 130 Å². The number of urea groups is 1. The van der Waals surface area contributed by atoms with Gasteiger partial charge in [0.05, 0.1) is 5.56 Å². The summed E-state index contributed by atoms with van der Waals surface area (Å²) in [5.74, 6) is -1.23.